The zero-order valence-corrected chi connectivity index (χ0v) is 17.1. The number of halogens is 1. The third-order valence-electron chi connectivity index (χ3n) is 4.02. The molecule has 8 heteroatoms. The number of rotatable bonds is 7. The van der Waals surface area contributed by atoms with Gasteiger partial charge in [-0.25, -0.2) is 4.99 Å². The summed E-state index contributed by atoms with van der Waals surface area (Å²) in [6.07, 6.45) is 0. The Morgan fingerprint density at radius 3 is 2.81 bits per heavy atom. The number of benzene rings is 1. The Morgan fingerprint density at radius 2 is 2.08 bits per heavy atom. The zero-order chi connectivity index (χ0) is 18.8. The lowest BCUT2D eigenvalue weighted by Gasteiger charge is -2.26. The number of carbonyl (C=O) groups is 1. The van der Waals surface area contributed by atoms with E-state index in [0.29, 0.717) is 5.96 Å². The molecule has 0 saturated carbocycles. The molecular weight excluding hydrogens is 398 g/mol. The molecule has 1 aromatic rings. The van der Waals surface area contributed by atoms with E-state index in [9.17, 15) is 4.79 Å². The summed E-state index contributed by atoms with van der Waals surface area (Å²) in [5.74, 6) is 0.512. The van der Waals surface area contributed by atoms with Gasteiger partial charge in [-0.3, -0.25) is 9.69 Å². The minimum Gasteiger partial charge on any atom is -0.379 e. The molecule has 0 spiro atoms. The predicted molar refractivity (Wildman–Crippen MR) is 109 cm³/mol. The monoisotopic (exact) mass is 425 g/mol. The number of amides is 1. The molecule has 1 aliphatic rings. The number of hydrogen-bond acceptors (Lipinski definition) is 4. The minimum atomic E-state index is -0.142. The molecule has 1 aliphatic heterocycles. The molecule has 1 fully saturated rings. The van der Waals surface area contributed by atoms with Crippen LogP contribution in [0.4, 0.5) is 5.69 Å². The lowest BCUT2D eigenvalue weighted by atomic mass is 10.2. The molecular formula is C18H28BrN5O2. The van der Waals surface area contributed by atoms with Crippen molar-refractivity contribution < 1.29 is 9.53 Å². The van der Waals surface area contributed by atoms with E-state index in [0.717, 1.165) is 61.7 Å². The molecule has 3 N–H and O–H groups in total. The Kier molecular flexibility index (Phi) is 8.87. The number of nitrogens with zero attached hydrogens (tertiary/aromatic N) is 2. The Morgan fingerprint density at radius 1 is 1.31 bits per heavy atom. The summed E-state index contributed by atoms with van der Waals surface area (Å²) in [6.45, 7) is 10.00. The highest BCUT2D eigenvalue weighted by atomic mass is 79.9. The van der Waals surface area contributed by atoms with Crippen molar-refractivity contribution in [3.63, 3.8) is 0 Å². The molecule has 0 aromatic heterocycles. The van der Waals surface area contributed by atoms with Gasteiger partial charge < -0.3 is 20.7 Å². The summed E-state index contributed by atoms with van der Waals surface area (Å²) >= 11 is 3.42. The van der Waals surface area contributed by atoms with Gasteiger partial charge in [0.15, 0.2) is 5.96 Å². The molecule has 7 nitrogen and oxygen atoms in total. The molecule has 1 saturated heterocycles. The number of nitrogens with one attached hydrogen (secondary N) is 3. The molecule has 0 unspecified atom stereocenters. The normalized spacial score (nSPS) is 15.6. The van der Waals surface area contributed by atoms with Crippen LogP contribution in [0.3, 0.4) is 0 Å². The maximum absolute atomic E-state index is 12.2. The third kappa shape index (κ3) is 7.31. The molecule has 2 rings (SSSR count). The highest BCUT2D eigenvalue weighted by molar-refractivity contribution is 9.10. The van der Waals surface area contributed by atoms with E-state index < -0.39 is 0 Å². The van der Waals surface area contributed by atoms with Crippen molar-refractivity contribution in [3.05, 3.63) is 28.2 Å². The van der Waals surface area contributed by atoms with Gasteiger partial charge >= 0.3 is 0 Å². The van der Waals surface area contributed by atoms with E-state index in [-0.39, 0.29) is 12.5 Å². The Labute approximate surface area is 163 Å². The molecule has 26 heavy (non-hydrogen) atoms. The first kappa shape index (κ1) is 20.7. The second-order valence-electron chi connectivity index (χ2n) is 6.08. The number of hydrogen-bond donors (Lipinski definition) is 3. The van der Waals surface area contributed by atoms with Crippen LogP contribution < -0.4 is 16.0 Å². The van der Waals surface area contributed by atoms with E-state index >= 15 is 0 Å². The summed E-state index contributed by atoms with van der Waals surface area (Å²) in [6, 6.07) is 5.80. The van der Waals surface area contributed by atoms with Crippen molar-refractivity contribution in [2.75, 3.05) is 57.8 Å². The highest BCUT2D eigenvalue weighted by Crippen LogP contribution is 2.20. The Bertz CT molecular complexity index is 618. The molecule has 0 atom stereocenters. The fourth-order valence-corrected chi connectivity index (χ4v) is 2.93. The van der Waals surface area contributed by atoms with Gasteiger partial charge in [0, 0.05) is 42.9 Å². The fraction of sp³-hybridized carbons (Fsp3) is 0.556. The number of morpholine rings is 1. The van der Waals surface area contributed by atoms with Crippen molar-refractivity contribution in [3.8, 4) is 0 Å². The van der Waals surface area contributed by atoms with E-state index in [1.54, 1.807) is 0 Å². The maximum Gasteiger partial charge on any atom is 0.246 e. The van der Waals surface area contributed by atoms with Gasteiger partial charge in [0.1, 0.15) is 6.54 Å². The highest BCUT2D eigenvalue weighted by Gasteiger charge is 2.10. The Hall–Kier alpha value is -1.64. The van der Waals surface area contributed by atoms with E-state index in [2.05, 4.69) is 41.8 Å². The third-order valence-corrected chi connectivity index (χ3v) is 4.52. The molecule has 1 aromatic carbocycles. The molecule has 144 valence electrons. The van der Waals surface area contributed by atoms with Gasteiger partial charge in [-0.2, -0.15) is 0 Å². The van der Waals surface area contributed by atoms with Gasteiger partial charge in [-0.15, -0.1) is 0 Å². The van der Waals surface area contributed by atoms with Crippen molar-refractivity contribution in [2.24, 2.45) is 4.99 Å². The number of anilines is 1. The summed E-state index contributed by atoms with van der Waals surface area (Å²) in [4.78, 5) is 18.9. The average Bonchev–Trinajstić information content (AvgIpc) is 2.63. The fourth-order valence-electron chi connectivity index (χ4n) is 2.57. The van der Waals surface area contributed by atoms with E-state index in [1.807, 2.05) is 32.0 Å². The second kappa shape index (κ2) is 11.2. The number of aliphatic imine (C=N–C) groups is 1. The van der Waals surface area contributed by atoms with Crippen molar-refractivity contribution in [1.29, 1.82) is 0 Å². The van der Waals surface area contributed by atoms with Crippen LogP contribution in [0, 0.1) is 6.92 Å². The molecule has 0 aliphatic carbocycles. The minimum absolute atomic E-state index is 0.0683. The van der Waals surface area contributed by atoms with Crippen molar-refractivity contribution in [2.45, 2.75) is 13.8 Å². The molecule has 0 radical (unpaired) electrons. The zero-order valence-electron chi connectivity index (χ0n) is 15.5. The smallest absolute Gasteiger partial charge is 0.246 e. The van der Waals surface area contributed by atoms with Crippen LogP contribution >= 0.6 is 15.9 Å². The average molecular weight is 426 g/mol. The lowest BCUT2D eigenvalue weighted by Crippen LogP contribution is -2.44. The van der Waals surface area contributed by atoms with Crippen LogP contribution in [0.1, 0.15) is 12.5 Å². The number of carbonyl (C=O) groups excluding carboxylic acids is 1. The van der Waals surface area contributed by atoms with Gasteiger partial charge in [0.05, 0.1) is 13.2 Å². The first-order valence-electron chi connectivity index (χ1n) is 8.96. The first-order chi connectivity index (χ1) is 12.6. The topological polar surface area (TPSA) is 78.0 Å². The van der Waals surface area contributed by atoms with E-state index in [4.69, 9.17) is 4.74 Å². The number of ether oxygens (including phenoxy) is 1. The van der Waals surface area contributed by atoms with E-state index in [1.165, 1.54) is 0 Å². The Balaban J connectivity index is 1.80. The van der Waals surface area contributed by atoms with Gasteiger partial charge in [-0.1, -0.05) is 22.0 Å². The van der Waals surface area contributed by atoms with Crippen LogP contribution in [0.15, 0.2) is 27.7 Å². The number of aryl methyl sites for hydroxylation is 1. The lowest BCUT2D eigenvalue weighted by molar-refractivity contribution is -0.114. The molecule has 1 amide bonds. The van der Waals surface area contributed by atoms with Crippen LogP contribution in [0.25, 0.3) is 0 Å². The predicted octanol–water partition coefficient (Wildman–Crippen LogP) is 1.58. The molecule has 0 bridgehead atoms. The SMILES string of the molecule is CCNC(=NCC(=O)Nc1cc(Br)ccc1C)NCCN1CCOCC1. The van der Waals surface area contributed by atoms with Crippen LogP contribution in [0.5, 0.6) is 0 Å². The van der Waals surface area contributed by atoms with Crippen LogP contribution in [-0.4, -0.2) is 69.2 Å². The standard InChI is InChI=1S/C18H28BrN5O2/c1-3-20-18(21-6-7-24-8-10-26-11-9-24)22-13-17(25)23-16-12-15(19)5-4-14(16)2/h4-5,12H,3,6-11,13H2,1-2H3,(H,23,25)(H2,20,21,22). The van der Waals surface area contributed by atoms with Gasteiger partial charge in [0.25, 0.3) is 0 Å². The van der Waals surface area contributed by atoms with Gasteiger partial charge in [-0.05, 0) is 31.5 Å². The number of guanidine groups is 1. The summed E-state index contributed by atoms with van der Waals surface area (Å²) < 4.78 is 6.28. The maximum atomic E-state index is 12.2. The quantitative estimate of drug-likeness (QED) is 0.456. The summed E-state index contributed by atoms with van der Waals surface area (Å²) in [5, 5.41) is 9.35. The van der Waals surface area contributed by atoms with Crippen LogP contribution in [-0.2, 0) is 9.53 Å². The van der Waals surface area contributed by atoms with Gasteiger partial charge in [0.2, 0.25) is 5.91 Å². The first-order valence-corrected chi connectivity index (χ1v) is 9.76. The molecule has 1 heterocycles. The largest absolute Gasteiger partial charge is 0.379 e. The van der Waals surface area contributed by atoms with Crippen molar-refractivity contribution >= 4 is 33.5 Å². The van der Waals surface area contributed by atoms with Crippen LogP contribution in [0.2, 0.25) is 0 Å². The second-order valence-corrected chi connectivity index (χ2v) is 7.00. The summed E-state index contributed by atoms with van der Waals surface area (Å²) in [5.41, 5.74) is 1.81. The van der Waals surface area contributed by atoms with Crippen molar-refractivity contribution in [1.82, 2.24) is 15.5 Å². The summed E-state index contributed by atoms with van der Waals surface area (Å²) in [7, 11) is 0.